The van der Waals surface area contributed by atoms with Crippen molar-refractivity contribution in [3.63, 3.8) is 0 Å². The molecule has 1 aliphatic rings. The van der Waals surface area contributed by atoms with Gasteiger partial charge in [0.15, 0.2) is 5.03 Å². The Labute approximate surface area is 141 Å². The predicted molar refractivity (Wildman–Crippen MR) is 87.7 cm³/mol. The minimum atomic E-state index is -3.69. The maximum atomic E-state index is 12.9. The smallest absolute Gasteiger partial charge is 0.258 e. The summed E-state index contributed by atoms with van der Waals surface area (Å²) in [5.41, 5.74) is 0. The fourth-order valence-corrected chi connectivity index (χ4v) is 4.55. The van der Waals surface area contributed by atoms with Crippen LogP contribution in [0.1, 0.15) is 31.6 Å². The lowest BCUT2D eigenvalue weighted by Crippen LogP contribution is -2.38. The zero-order valence-electron chi connectivity index (χ0n) is 13.9. The van der Waals surface area contributed by atoms with Gasteiger partial charge in [0.1, 0.15) is 5.82 Å². The minimum absolute atomic E-state index is 0.146. The van der Waals surface area contributed by atoms with Gasteiger partial charge in [-0.15, -0.1) is 0 Å². The second-order valence-corrected chi connectivity index (χ2v) is 7.59. The number of aryl methyl sites for hydroxylation is 2. The van der Waals surface area contributed by atoms with Gasteiger partial charge < -0.3 is 9.30 Å². The maximum absolute atomic E-state index is 12.9. The first-order chi connectivity index (χ1) is 11.5. The van der Waals surface area contributed by atoms with E-state index in [1.807, 2.05) is 24.7 Å². The highest BCUT2D eigenvalue weighted by molar-refractivity contribution is 7.89. The molecular weight excluding hydrogens is 330 g/mol. The van der Waals surface area contributed by atoms with E-state index < -0.39 is 10.0 Å². The van der Waals surface area contributed by atoms with Crippen molar-refractivity contribution in [1.82, 2.24) is 24.1 Å². The molecule has 1 atom stereocenters. The molecule has 8 nitrogen and oxygen atoms in total. The van der Waals surface area contributed by atoms with E-state index in [0.717, 1.165) is 12.8 Å². The average Bonchev–Trinajstić information content (AvgIpc) is 3.22. The van der Waals surface area contributed by atoms with Crippen LogP contribution in [0.2, 0.25) is 0 Å². The topological polar surface area (TPSA) is 91.0 Å². The predicted octanol–water partition coefficient (Wildman–Crippen LogP) is 1.08. The number of hydrogen-bond donors (Lipinski definition) is 1. The number of hydrogen-bond acceptors (Lipinski definition) is 5. The van der Waals surface area contributed by atoms with Gasteiger partial charge in [0.25, 0.3) is 10.0 Å². The molecule has 0 aliphatic carbocycles. The van der Waals surface area contributed by atoms with E-state index in [1.165, 1.54) is 16.9 Å². The summed E-state index contributed by atoms with van der Waals surface area (Å²) in [6.45, 7) is 3.63. The molecule has 1 N–H and O–H groups in total. The van der Waals surface area contributed by atoms with Gasteiger partial charge in [0.05, 0.1) is 12.2 Å². The summed E-state index contributed by atoms with van der Waals surface area (Å²) in [4.78, 5) is 4.37. The molecule has 2 aromatic heterocycles. The molecule has 1 aliphatic heterocycles. The van der Waals surface area contributed by atoms with E-state index in [-0.39, 0.29) is 17.0 Å². The second-order valence-electron chi connectivity index (χ2n) is 5.93. The minimum Gasteiger partial charge on any atom is -0.381 e. The van der Waals surface area contributed by atoms with Gasteiger partial charge in [-0.25, -0.2) is 13.4 Å². The third-order valence-corrected chi connectivity index (χ3v) is 5.87. The monoisotopic (exact) mass is 353 g/mol. The Kier molecular flexibility index (Phi) is 5.02. The van der Waals surface area contributed by atoms with Gasteiger partial charge in [0, 0.05) is 39.2 Å². The molecule has 0 unspecified atom stereocenters. The quantitative estimate of drug-likeness (QED) is 0.839. The Balaban J connectivity index is 1.93. The molecule has 24 heavy (non-hydrogen) atoms. The Hall–Kier alpha value is -1.71. The molecule has 1 saturated heterocycles. The van der Waals surface area contributed by atoms with Crippen molar-refractivity contribution in [1.29, 1.82) is 0 Å². The van der Waals surface area contributed by atoms with Crippen LogP contribution >= 0.6 is 0 Å². The molecule has 9 heteroatoms. The molecule has 0 aromatic carbocycles. The van der Waals surface area contributed by atoms with Gasteiger partial charge in [0.2, 0.25) is 0 Å². The van der Waals surface area contributed by atoms with E-state index in [4.69, 9.17) is 4.74 Å². The van der Waals surface area contributed by atoms with Crippen molar-refractivity contribution in [2.24, 2.45) is 13.0 Å². The number of sulfonamides is 1. The lowest BCUT2D eigenvalue weighted by molar-refractivity contribution is 0.0551. The van der Waals surface area contributed by atoms with Crippen molar-refractivity contribution in [3.8, 4) is 0 Å². The SMILES string of the molecule is CCn1nccc1S(=O)(=O)N[C@H](c1nccn1C)C1CCOCC1. The van der Waals surface area contributed by atoms with Crippen LogP contribution in [-0.2, 0) is 28.4 Å². The van der Waals surface area contributed by atoms with Crippen LogP contribution in [0.3, 0.4) is 0 Å². The Morgan fingerprint density at radius 2 is 2.12 bits per heavy atom. The summed E-state index contributed by atoms with van der Waals surface area (Å²) in [6, 6.07) is 1.13. The van der Waals surface area contributed by atoms with Crippen LogP contribution < -0.4 is 4.72 Å². The summed E-state index contributed by atoms with van der Waals surface area (Å²) in [6.07, 6.45) is 6.61. The third kappa shape index (κ3) is 3.38. The van der Waals surface area contributed by atoms with Crippen LogP contribution in [0, 0.1) is 5.92 Å². The summed E-state index contributed by atoms with van der Waals surface area (Å²) < 4.78 is 37.4. The molecule has 0 bridgehead atoms. The first-order valence-electron chi connectivity index (χ1n) is 8.12. The maximum Gasteiger partial charge on any atom is 0.258 e. The molecule has 1 fully saturated rings. The summed E-state index contributed by atoms with van der Waals surface area (Å²) in [5, 5.41) is 4.23. The Morgan fingerprint density at radius 3 is 2.75 bits per heavy atom. The molecule has 3 rings (SSSR count). The fourth-order valence-electron chi connectivity index (χ4n) is 3.10. The number of nitrogens with zero attached hydrogens (tertiary/aromatic N) is 4. The molecule has 0 amide bonds. The molecule has 0 spiro atoms. The van der Waals surface area contributed by atoms with Crippen molar-refractivity contribution in [3.05, 3.63) is 30.5 Å². The van der Waals surface area contributed by atoms with Crippen LogP contribution in [0.5, 0.6) is 0 Å². The van der Waals surface area contributed by atoms with Gasteiger partial charge in [-0.2, -0.15) is 9.82 Å². The van der Waals surface area contributed by atoms with Crippen molar-refractivity contribution >= 4 is 10.0 Å². The molecule has 2 aromatic rings. The lowest BCUT2D eigenvalue weighted by Gasteiger charge is -2.30. The largest absolute Gasteiger partial charge is 0.381 e. The number of nitrogens with one attached hydrogen (secondary N) is 1. The lowest BCUT2D eigenvalue weighted by atomic mass is 9.92. The molecular formula is C15H23N5O3S. The number of rotatable bonds is 6. The van der Waals surface area contributed by atoms with Crippen molar-refractivity contribution in [2.75, 3.05) is 13.2 Å². The average molecular weight is 353 g/mol. The highest BCUT2D eigenvalue weighted by atomic mass is 32.2. The Morgan fingerprint density at radius 1 is 1.38 bits per heavy atom. The highest BCUT2D eigenvalue weighted by Crippen LogP contribution is 2.30. The highest BCUT2D eigenvalue weighted by Gasteiger charge is 2.33. The van der Waals surface area contributed by atoms with E-state index in [2.05, 4.69) is 14.8 Å². The number of ether oxygens (including phenoxy) is 1. The van der Waals surface area contributed by atoms with Crippen LogP contribution in [0.25, 0.3) is 0 Å². The third-order valence-electron chi connectivity index (χ3n) is 4.41. The zero-order valence-corrected chi connectivity index (χ0v) is 14.7. The van der Waals surface area contributed by atoms with Crippen LogP contribution in [0.15, 0.2) is 29.7 Å². The van der Waals surface area contributed by atoms with E-state index in [1.54, 1.807) is 6.20 Å². The van der Waals surface area contributed by atoms with Crippen LogP contribution in [-0.4, -0.2) is 41.0 Å². The summed E-state index contributed by atoms with van der Waals surface area (Å²) in [7, 11) is -1.82. The molecule has 0 radical (unpaired) electrons. The van der Waals surface area contributed by atoms with Crippen molar-refractivity contribution < 1.29 is 13.2 Å². The van der Waals surface area contributed by atoms with Gasteiger partial charge in [-0.05, 0) is 31.7 Å². The van der Waals surface area contributed by atoms with E-state index in [0.29, 0.717) is 25.6 Å². The van der Waals surface area contributed by atoms with Gasteiger partial charge >= 0.3 is 0 Å². The van der Waals surface area contributed by atoms with Gasteiger partial charge in [-0.3, -0.25) is 4.68 Å². The van der Waals surface area contributed by atoms with E-state index in [9.17, 15) is 8.42 Å². The first kappa shape index (κ1) is 17.1. The zero-order chi connectivity index (χ0) is 17.2. The van der Waals surface area contributed by atoms with E-state index >= 15 is 0 Å². The standard InChI is InChI=1S/C15H23N5O3S/c1-3-20-13(4-7-17-20)24(21,22)18-14(12-5-10-23-11-6-12)15-16-8-9-19(15)2/h4,7-9,12,14,18H,3,5-6,10-11H2,1-2H3/t14-/m0/s1. The second kappa shape index (κ2) is 7.04. The first-order valence-corrected chi connectivity index (χ1v) is 9.60. The molecule has 0 saturated carbocycles. The summed E-state index contributed by atoms with van der Waals surface area (Å²) in [5.74, 6) is 0.862. The molecule has 132 valence electrons. The summed E-state index contributed by atoms with van der Waals surface area (Å²) >= 11 is 0. The number of imidazole rings is 1. The number of aromatic nitrogens is 4. The van der Waals surface area contributed by atoms with Crippen LogP contribution in [0.4, 0.5) is 0 Å². The Bertz CT molecular complexity index is 777. The van der Waals surface area contributed by atoms with Gasteiger partial charge in [-0.1, -0.05) is 0 Å². The fraction of sp³-hybridized carbons (Fsp3) is 0.600. The normalized spacial score (nSPS) is 17.9. The van der Waals surface area contributed by atoms with Crippen molar-refractivity contribution in [2.45, 2.75) is 37.4 Å². The molecule has 3 heterocycles.